The second-order valence-electron chi connectivity index (χ2n) is 2.90. The summed E-state index contributed by atoms with van der Waals surface area (Å²) < 4.78 is 37.6. The minimum absolute atomic E-state index is 0.0594. The summed E-state index contributed by atoms with van der Waals surface area (Å²) in [5.41, 5.74) is -1.33. The minimum Gasteiger partial charge on any atom is -0.355 e. The SMILES string of the molecule is CNC(=O)c1c(C(F)(F)F)ccnc1C. The van der Waals surface area contributed by atoms with Gasteiger partial charge in [0.05, 0.1) is 16.8 Å². The number of carbonyl (C=O) groups is 1. The van der Waals surface area contributed by atoms with Crippen molar-refractivity contribution in [3.8, 4) is 0 Å². The van der Waals surface area contributed by atoms with Crippen LogP contribution < -0.4 is 5.32 Å². The van der Waals surface area contributed by atoms with Gasteiger partial charge in [-0.1, -0.05) is 0 Å². The van der Waals surface area contributed by atoms with Crippen LogP contribution in [0, 0.1) is 6.92 Å². The summed E-state index contributed by atoms with van der Waals surface area (Å²) in [6, 6.07) is 0.789. The third-order valence-electron chi connectivity index (χ3n) is 1.90. The summed E-state index contributed by atoms with van der Waals surface area (Å²) in [7, 11) is 1.27. The molecule has 0 atom stereocenters. The van der Waals surface area contributed by atoms with E-state index in [4.69, 9.17) is 0 Å². The van der Waals surface area contributed by atoms with Gasteiger partial charge in [-0.2, -0.15) is 13.2 Å². The highest BCUT2D eigenvalue weighted by Crippen LogP contribution is 2.32. The molecule has 3 nitrogen and oxygen atoms in total. The Bertz CT molecular complexity index is 387. The Morgan fingerprint density at radius 2 is 2.07 bits per heavy atom. The Kier molecular flexibility index (Phi) is 2.97. The van der Waals surface area contributed by atoms with Gasteiger partial charge in [0.25, 0.3) is 5.91 Å². The van der Waals surface area contributed by atoms with E-state index in [0.29, 0.717) is 0 Å². The lowest BCUT2D eigenvalue weighted by molar-refractivity contribution is -0.138. The number of alkyl halides is 3. The van der Waals surface area contributed by atoms with Crippen molar-refractivity contribution in [2.24, 2.45) is 0 Å². The van der Waals surface area contributed by atoms with E-state index < -0.39 is 23.2 Å². The number of nitrogens with zero attached hydrogens (tertiary/aromatic N) is 1. The highest BCUT2D eigenvalue weighted by atomic mass is 19.4. The van der Waals surface area contributed by atoms with E-state index in [2.05, 4.69) is 10.3 Å². The molecular weight excluding hydrogens is 209 g/mol. The molecular formula is C9H9F3N2O. The lowest BCUT2D eigenvalue weighted by Crippen LogP contribution is -2.24. The summed E-state index contributed by atoms with van der Waals surface area (Å²) in [6.07, 6.45) is -3.51. The minimum atomic E-state index is -4.55. The lowest BCUT2D eigenvalue weighted by atomic mass is 10.1. The molecule has 1 rings (SSSR count). The number of aryl methyl sites for hydroxylation is 1. The number of hydrogen-bond acceptors (Lipinski definition) is 2. The van der Waals surface area contributed by atoms with Gasteiger partial charge in [-0.15, -0.1) is 0 Å². The molecule has 0 aliphatic heterocycles. The van der Waals surface area contributed by atoms with Crippen LogP contribution in [0.15, 0.2) is 12.3 Å². The van der Waals surface area contributed by atoms with Gasteiger partial charge in [-0.3, -0.25) is 9.78 Å². The predicted octanol–water partition coefficient (Wildman–Crippen LogP) is 1.77. The highest BCUT2D eigenvalue weighted by Gasteiger charge is 2.36. The molecule has 1 N–H and O–H groups in total. The molecule has 0 aromatic carbocycles. The van der Waals surface area contributed by atoms with E-state index in [0.717, 1.165) is 12.3 Å². The molecule has 0 aliphatic rings. The molecule has 6 heteroatoms. The maximum atomic E-state index is 12.5. The van der Waals surface area contributed by atoms with Crippen LogP contribution in [-0.2, 0) is 6.18 Å². The van der Waals surface area contributed by atoms with Crippen LogP contribution in [0.2, 0.25) is 0 Å². The Balaban J connectivity index is 3.40. The van der Waals surface area contributed by atoms with Crippen LogP contribution in [0.25, 0.3) is 0 Å². The largest absolute Gasteiger partial charge is 0.417 e. The molecule has 15 heavy (non-hydrogen) atoms. The molecule has 0 unspecified atom stereocenters. The summed E-state index contributed by atoms with van der Waals surface area (Å²) in [6.45, 7) is 1.36. The normalized spacial score (nSPS) is 11.3. The molecule has 0 saturated carbocycles. The van der Waals surface area contributed by atoms with Gasteiger partial charge in [0.15, 0.2) is 0 Å². The maximum Gasteiger partial charge on any atom is 0.417 e. The fourth-order valence-corrected chi connectivity index (χ4v) is 1.21. The number of rotatable bonds is 1. The summed E-state index contributed by atoms with van der Waals surface area (Å²) >= 11 is 0. The monoisotopic (exact) mass is 218 g/mol. The molecule has 82 valence electrons. The smallest absolute Gasteiger partial charge is 0.355 e. The van der Waals surface area contributed by atoms with Crippen molar-refractivity contribution < 1.29 is 18.0 Å². The van der Waals surface area contributed by atoms with E-state index in [1.807, 2.05) is 0 Å². The molecule has 0 fully saturated rings. The zero-order valence-electron chi connectivity index (χ0n) is 8.14. The molecule has 1 heterocycles. The Labute approximate surface area is 84.3 Å². The third kappa shape index (κ3) is 2.26. The zero-order valence-corrected chi connectivity index (χ0v) is 8.14. The predicted molar refractivity (Wildman–Crippen MR) is 47.4 cm³/mol. The first-order valence-electron chi connectivity index (χ1n) is 4.12. The van der Waals surface area contributed by atoms with E-state index in [9.17, 15) is 18.0 Å². The van der Waals surface area contributed by atoms with Crippen molar-refractivity contribution >= 4 is 5.91 Å². The Morgan fingerprint density at radius 1 is 1.47 bits per heavy atom. The second kappa shape index (κ2) is 3.88. The lowest BCUT2D eigenvalue weighted by Gasteiger charge is -2.12. The van der Waals surface area contributed by atoms with E-state index in [1.165, 1.54) is 14.0 Å². The van der Waals surface area contributed by atoms with E-state index in [1.54, 1.807) is 0 Å². The van der Waals surface area contributed by atoms with Gasteiger partial charge in [-0.25, -0.2) is 0 Å². The molecule has 1 aromatic heterocycles. The van der Waals surface area contributed by atoms with Crippen LogP contribution in [0.1, 0.15) is 21.6 Å². The molecule has 0 radical (unpaired) electrons. The molecule has 1 aromatic rings. The van der Waals surface area contributed by atoms with Crippen LogP contribution in [0.3, 0.4) is 0 Å². The first-order chi connectivity index (χ1) is 6.88. The molecule has 1 amide bonds. The highest BCUT2D eigenvalue weighted by molar-refractivity contribution is 5.96. The zero-order chi connectivity index (χ0) is 11.6. The van der Waals surface area contributed by atoms with Gasteiger partial charge >= 0.3 is 6.18 Å². The molecule has 0 saturated heterocycles. The van der Waals surface area contributed by atoms with E-state index >= 15 is 0 Å². The van der Waals surface area contributed by atoms with Crippen LogP contribution >= 0.6 is 0 Å². The fourth-order valence-electron chi connectivity index (χ4n) is 1.21. The first-order valence-corrected chi connectivity index (χ1v) is 4.12. The number of amides is 1. The molecule has 0 spiro atoms. The van der Waals surface area contributed by atoms with Crippen molar-refractivity contribution in [1.82, 2.24) is 10.3 Å². The topological polar surface area (TPSA) is 42.0 Å². The quantitative estimate of drug-likeness (QED) is 0.780. The summed E-state index contributed by atoms with van der Waals surface area (Å²) in [5, 5.41) is 2.16. The van der Waals surface area contributed by atoms with Crippen molar-refractivity contribution in [3.63, 3.8) is 0 Å². The average Bonchev–Trinajstić information content (AvgIpc) is 2.15. The number of carbonyl (C=O) groups excluding carboxylic acids is 1. The second-order valence-corrected chi connectivity index (χ2v) is 2.90. The van der Waals surface area contributed by atoms with Gasteiger partial charge in [0.2, 0.25) is 0 Å². The van der Waals surface area contributed by atoms with Crippen LogP contribution in [-0.4, -0.2) is 17.9 Å². The summed E-state index contributed by atoms with van der Waals surface area (Å²) in [5.74, 6) is -0.784. The van der Waals surface area contributed by atoms with Crippen molar-refractivity contribution in [1.29, 1.82) is 0 Å². The summed E-state index contributed by atoms with van der Waals surface area (Å²) in [4.78, 5) is 14.9. The molecule has 0 aliphatic carbocycles. The van der Waals surface area contributed by atoms with E-state index in [-0.39, 0.29) is 5.69 Å². The third-order valence-corrected chi connectivity index (χ3v) is 1.90. The maximum absolute atomic E-state index is 12.5. The van der Waals surface area contributed by atoms with Gasteiger partial charge in [0.1, 0.15) is 0 Å². The van der Waals surface area contributed by atoms with Crippen molar-refractivity contribution in [2.45, 2.75) is 13.1 Å². The van der Waals surface area contributed by atoms with Crippen LogP contribution in [0.5, 0.6) is 0 Å². The number of hydrogen-bond donors (Lipinski definition) is 1. The Hall–Kier alpha value is -1.59. The number of pyridine rings is 1. The van der Waals surface area contributed by atoms with Crippen LogP contribution in [0.4, 0.5) is 13.2 Å². The van der Waals surface area contributed by atoms with Crippen molar-refractivity contribution in [3.05, 3.63) is 29.1 Å². The molecule has 0 bridgehead atoms. The number of aromatic nitrogens is 1. The van der Waals surface area contributed by atoms with Gasteiger partial charge < -0.3 is 5.32 Å². The standard InChI is InChI=1S/C9H9F3N2O/c1-5-7(8(15)13-2)6(3-4-14-5)9(10,11)12/h3-4H,1-2H3,(H,13,15). The average molecular weight is 218 g/mol. The Morgan fingerprint density at radius 3 is 2.53 bits per heavy atom. The number of nitrogens with one attached hydrogen (secondary N) is 1. The van der Waals surface area contributed by atoms with Crippen molar-refractivity contribution in [2.75, 3.05) is 7.05 Å². The van der Waals surface area contributed by atoms with Gasteiger partial charge in [0, 0.05) is 13.2 Å². The number of halogens is 3. The first kappa shape index (κ1) is 11.5. The van der Waals surface area contributed by atoms with Gasteiger partial charge in [-0.05, 0) is 13.0 Å². The fraction of sp³-hybridized carbons (Fsp3) is 0.333.